The van der Waals surface area contributed by atoms with E-state index in [1.807, 2.05) is 24.3 Å². The van der Waals surface area contributed by atoms with Gasteiger partial charge in [0.1, 0.15) is 6.61 Å². The fourth-order valence-electron chi connectivity index (χ4n) is 4.34. The second kappa shape index (κ2) is 8.15. The van der Waals surface area contributed by atoms with Gasteiger partial charge in [0.25, 0.3) is 11.7 Å². The average Bonchev–Trinajstić information content (AvgIpc) is 3.29. The normalized spacial score (nSPS) is 14.1. The number of nitrogens with one attached hydrogen (secondary N) is 2. The molecule has 0 saturated carbocycles. The zero-order valence-corrected chi connectivity index (χ0v) is 17.1. The van der Waals surface area contributed by atoms with Crippen molar-refractivity contribution in [2.24, 2.45) is 0 Å². The summed E-state index contributed by atoms with van der Waals surface area (Å²) in [5.41, 5.74) is 6.16. The first kappa shape index (κ1) is 19.8. The first-order valence-electron chi connectivity index (χ1n) is 10.4. The number of carbonyl (C=O) groups is 3. The monoisotopic (exact) mass is 424 g/mol. The predicted molar refractivity (Wildman–Crippen MR) is 122 cm³/mol. The van der Waals surface area contributed by atoms with Crippen LogP contribution in [-0.2, 0) is 9.53 Å². The molecule has 0 spiro atoms. The number of amides is 2. The summed E-state index contributed by atoms with van der Waals surface area (Å²) < 4.78 is 5.50. The molecule has 3 aromatic rings. The van der Waals surface area contributed by atoms with Crippen LogP contribution >= 0.6 is 0 Å². The molecule has 1 aliphatic heterocycles. The molecule has 6 nitrogen and oxygen atoms in total. The summed E-state index contributed by atoms with van der Waals surface area (Å²) in [6.45, 7) is 0.480. The van der Waals surface area contributed by atoms with Gasteiger partial charge in [0.2, 0.25) is 0 Å². The molecular formula is C26H20N2O4. The van der Waals surface area contributed by atoms with E-state index >= 15 is 0 Å². The van der Waals surface area contributed by atoms with Gasteiger partial charge < -0.3 is 15.4 Å². The largest absolute Gasteiger partial charge is 0.449 e. The molecule has 2 amide bonds. The Morgan fingerprint density at radius 3 is 2.34 bits per heavy atom. The van der Waals surface area contributed by atoms with Gasteiger partial charge >= 0.3 is 6.09 Å². The maximum absolute atomic E-state index is 12.2. The fraction of sp³-hybridized carbons (Fsp3) is 0.115. The molecule has 1 aliphatic carbocycles. The molecule has 0 radical (unpaired) electrons. The van der Waals surface area contributed by atoms with Crippen molar-refractivity contribution in [3.05, 3.63) is 95.1 Å². The number of alkyl carbamates (subject to hydrolysis) is 1. The minimum absolute atomic E-state index is 0.00616. The first-order valence-corrected chi connectivity index (χ1v) is 10.4. The number of hydrogen-bond acceptors (Lipinski definition) is 4. The summed E-state index contributed by atoms with van der Waals surface area (Å²) in [7, 11) is 0. The fourth-order valence-corrected chi connectivity index (χ4v) is 4.34. The van der Waals surface area contributed by atoms with Crippen LogP contribution in [0.15, 0.2) is 72.8 Å². The topological polar surface area (TPSA) is 84.5 Å². The lowest BCUT2D eigenvalue weighted by atomic mass is 9.98. The van der Waals surface area contributed by atoms with Crippen LogP contribution in [-0.4, -0.2) is 30.9 Å². The lowest BCUT2D eigenvalue weighted by Gasteiger charge is -2.14. The third-order valence-corrected chi connectivity index (χ3v) is 5.78. The second-order valence-corrected chi connectivity index (χ2v) is 7.66. The van der Waals surface area contributed by atoms with Crippen molar-refractivity contribution in [2.75, 3.05) is 18.5 Å². The van der Waals surface area contributed by atoms with Crippen LogP contribution in [0.5, 0.6) is 0 Å². The Morgan fingerprint density at radius 1 is 0.938 bits per heavy atom. The number of carbonyl (C=O) groups excluding carboxylic acids is 3. The van der Waals surface area contributed by atoms with Crippen molar-refractivity contribution >= 4 is 29.5 Å². The molecule has 3 aromatic carbocycles. The molecule has 1 heterocycles. The van der Waals surface area contributed by atoms with Gasteiger partial charge in [0.15, 0.2) is 0 Å². The predicted octanol–water partition coefficient (Wildman–Crippen LogP) is 4.37. The number of ketones is 1. The Bertz CT molecular complexity index is 1230. The molecule has 0 bridgehead atoms. The molecule has 5 rings (SSSR count). The van der Waals surface area contributed by atoms with E-state index < -0.39 is 17.8 Å². The Labute approximate surface area is 184 Å². The summed E-state index contributed by atoms with van der Waals surface area (Å²) in [5.74, 6) is -1.17. The zero-order valence-electron chi connectivity index (χ0n) is 17.1. The van der Waals surface area contributed by atoms with Gasteiger partial charge in [-0.05, 0) is 33.9 Å². The number of Topliss-reactive ketones (excluding diaryl/α,β-unsaturated/α-hetero) is 1. The van der Waals surface area contributed by atoms with Gasteiger partial charge in [-0.1, -0.05) is 72.8 Å². The summed E-state index contributed by atoms with van der Waals surface area (Å²) in [6, 6.07) is 21.5. The summed E-state index contributed by atoms with van der Waals surface area (Å²) in [6.07, 6.45) is 2.91. The van der Waals surface area contributed by atoms with Crippen LogP contribution in [0.25, 0.3) is 17.2 Å². The number of rotatable bonds is 5. The van der Waals surface area contributed by atoms with E-state index in [0.29, 0.717) is 16.8 Å². The first-order chi connectivity index (χ1) is 15.6. The quantitative estimate of drug-likeness (QED) is 0.596. The molecule has 158 valence electrons. The molecular weight excluding hydrogens is 404 g/mol. The highest BCUT2D eigenvalue weighted by molar-refractivity contribution is 6.52. The van der Waals surface area contributed by atoms with Crippen molar-refractivity contribution in [3.8, 4) is 11.1 Å². The van der Waals surface area contributed by atoms with Crippen LogP contribution in [0.4, 0.5) is 10.5 Å². The lowest BCUT2D eigenvalue weighted by Crippen LogP contribution is -2.26. The van der Waals surface area contributed by atoms with E-state index in [-0.39, 0.29) is 19.1 Å². The Morgan fingerprint density at radius 2 is 1.62 bits per heavy atom. The standard InChI is InChI=1S/C26H20N2O4/c29-24-23-16(7-5-13-22(23)28-25(24)30)8-6-14-27-26(31)32-15-21-19-11-3-1-9-17(19)18-10-2-4-12-20(18)21/h1-13,21H,14-15H2,(H,27,31)(H,28,29,30). The number of hydrogen-bond donors (Lipinski definition) is 2. The van der Waals surface area contributed by atoms with E-state index in [9.17, 15) is 14.4 Å². The molecule has 0 aromatic heterocycles. The molecule has 2 N–H and O–H groups in total. The highest BCUT2D eigenvalue weighted by atomic mass is 16.5. The molecule has 0 saturated heterocycles. The minimum atomic E-state index is -0.627. The van der Waals surface area contributed by atoms with Crippen molar-refractivity contribution < 1.29 is 19.1 Å². The maximum Gasteiger partial charge on any atom is 0.407 e. The molecule has 6 heteroatoms. The highest BCUT2D eigenvalue weighted by Gasteiger charge is 2.30. The number of ether oxygens (including phenoxy) is 1. The van der Waals surface area contributed by atoms with Gasteiger partial charge in [-0.25, -0.2) is 4.79 Å². The maximum atomic E-state index is 12.2. The van der Waals surface area contributed by atoms with Crippen LogP contribution < -0.4 is 10.6 Å². The third-order valence-electron chi connectivity index (χ3n) is 5.78. The molecule has 0 fully saturated rings. The van der Waals surface area contributed by atoms with E-state index in [2.05, 4.69) is 34.9 Å². The molecule has 0 unspecified atom stereocenters. The summed E-state index contributed by atoms with van der Waals surface area (Å²) in [4.78, 5) is 35.8. The van der Waals surface area contributed by atoms with Gasteiger partial charge in [-0.3, -0.25) is 9.59 Å². The third kappa shape index (κ3) is 3.46. The Hall–Kier alpha value is -4.19. The summed E-state index contributed by atoms with van der Waals surface area (Å²) >= 11 is 0. The van der Waals surface area contributed by atoms with Crippen LogP contribution in [0, 0.1) is 0 Å². The number of anilines is 1. The van der Waals surface area contributed by atoms with Crippen molar-refractivity contribution in [1.29, 1.82) is 0 Å². The lowest BCUT2D eigenvalue weighted by molar-refractivity contribution is -0.112. The zero-order chi connectivity index (χ0) is 22.1. The van der Waals surface area contributed by atoms with Gasteiger partial charge in [-0.15, -0.1) is 0 Å². The smallest absolute Gasteiger partial charge is 0.407 e. The van der Waals surface area contributed by atoms with Crippen LogP contribution in [0.2, 0.25) is 0 Å². The van der Waals surface area contributed by atoms with Crippen molar-refractivity contribution in [1.82, 2.24) is 5.32 Å². The highest BCUT2D eigenvalue weighted by Crippen LogP contribution is 2.44. The van der Waals surface area contributed by atoms with Gasteiger partial charge in [0, 0.05) is 12.5 Å². The van der Waals surface area contributed by atoms with Crippen LogP contribution in [0.3, 0.4) is 0 Å². The average molecular weight is 424 g/mol. The number of fused-ring (bicyclic) bond motifs is 4. The number of benzene rings is 3. The Balaban J connectivity index is 1.19. The van der Waals surface area contributed by atoms with E-state index in [4.69, 9.17) is 4.74 Å². The second-order valence-electron chi connectivity index (χ2n) is 7.66. The van der Waals surface area contributed by atoms with Crippen LogP contribution in [0.1, 0.15) is 33.0 Å². The Kier molecular flexibility index (Phi) is 5.03. The van der Waals surface area contributed by atoms with E-state index in [0.717, 1.165) is 11.1 Å². The van der Waals surface area contributed by atoms with Gasteiger partial charge in [-0.2, -0.15) is 0 Å². The van der Waals surface area contributed by atoms with Crippen molar-refractivity contribution in [3.63, 3.8) is 0 Å². The van der Waals surface area contributed by atoms with E-state index in [1.165, 1.54) is 11.1 Å². The van der Waals surface area contributed by atoms with Gasteiger partial charge in [0.05, 0.1) is 11.3 Å². The molecule has 2 aliphatic rings. The summed E-state index contributed by atoms with van der Waals surface area (Å²) in [5, 5.41) is 5.24. The van der Waals surface area contributed by atoms with Crippen molar-refractivity contribution in [2.45, 2.75) is 5.92 Å². The van der Waals surface area contributed by atoms with E-state index in [1.54, 1.807) is 30.4 Å². The minimum Gasteiger partial charge on any atom is -0.449 e. The SMILES string of the molecule is O=C(NCC=Cc1cccc2c1C(=O)C(=O)N2)OCC1c2ccccc2-c2ccccc21. The molecule has 32 heavy (non-hydrogen) atoms. The molecule has 0 atom stereocenters.